The van der Waals surface area contributed by atoms with Crippen LogP contribution in [-0.2, 0) is 6.54 Å². The van der Waals surface area contributed by atoms with E-state index in [0.717, 1.165) is 18.7 Å². The number of hydrogen-bond acceptors (Lipinski definition) is 6. The van der Waals surface area contributed by atoms with Gasteiger partial charge in [0.1, 0.15) is 12.0 Å². The summed E-state index contributed by atoms with van der Waals surface area (Å²) in [6.07, 6.45) is 3.51. The van der Waals surface area contributed by atoms with Gasteiger partial charge in [-0.25, -0.2) is 0 Å². The Labute approximate surface area is 160 Å². The number of rotatable bonds is 5. The van der Waals surface area contributed by atoms with Crippen molar-refractivity contribution in [3.05, 3.63) is 52.7 Å². The number of aromatic nitrogens is 4. The van der Waals surface area contributed by atoms with Crippen molar-refractivity contribution in [2.45, 2.75) is 25.3 Å². The van der Waals surface area contributed by atoms with E-state index in [-0.39, 0.29) is 24.9 Å². The van der Waals surface area contributed by atoms with Crippen molar-refractivity contribution < 1.29 is 9.21 Å². The summed E-state index contributed by atoms with van der Waals surface area (Å²) in [6.45, 7) is 0.238. The molecule has 0 bridgehead atoms. The molecule has 1 aliphatic carbocycles. The molecule has 26 heavy (non-hydrogen) atoms. The molecule has 1 aliphatic rings. The minimum absolute atomic E-state index is 0. The normalized spacial score (nSPS) is 13.3. The molecule has 1 aromatic carbocycles. The fourth-order valence-corrected chi connectivity index (χ4v) is 2.72. The molecule has 2 heterocycles. The van der Waals surface area contributed by atoms with Crippen LogP contribution >= 0.6 is 24.0 Å². The lowest BCUT2D eigenvalue weighted by molar-refractivity contribution is 0.102. The van der Waals surface area contributed by atoms with Crippen molar-refractivity contribution in [2.24, 2.45) is 5.73 Å². The second-order valence-corrected chi connectivity index (χ2v) is 6.26. The van der Waals surface area contributed by atoms with Crippen LogP contribution < -0.4 is 11.1 Å². The number of halogens is 2. The smallest absolute Gasteiger partial charge is 0.258 e. The van der Waals surface area contributed by atoms with E-state index in [2.05, 4.69) is 20.8 Å². The average Bonchev–Trinajstić information content (AvgIpc) is 3.15. The van der Waals surface area contributed by atoms with Gasteiger partial charge < -0.3 is 15.5 Å². The van der Waals surface area contributed by atoms with Gasteiger partial charge in [-0.15, -0.1) is 17.5 Å². The third-order valence-corrected chi connectivity index (χ3v) is 4.31. The molecule has 10 heteroatoms. The molecule has 1 saturated carbocycles. The third-order valence-electron chi connectivity index (χ3n) is 3.99. The summed E-state index contributed by atoms with van der Waals surface area (Å²) in [5.74, 6) is 1.40. The van der Waals surface area contributed by atoms with E-state index < -0.39 is 0 Å². The molecule has 136 valence electrons. The number of carbonyl (C=O) groups excluding carboxylic acids is 1. The molecule has 3 aromatic rings. The summed E-state index contributed by atoms with van der Waals surface area (Å²) in [4.78, 5) is 12.3. The number of tetrazole rings is 1. The van der Waals surface area contributed by atoms with Crippen LogP contribution in [0.2, 0.25) is 5.02 Å². The van der Waals surface area contributed by atoms with Crippen LogP contribution in [0.5, 0.6) is 0 Å². The molecule has 0 unspecified atom stereocenters. The van der Waals surface area contributed by atoms with Crippen molar-refractivity contribution in [3.8, 4) is 5.69 Å². The van der Waals surface area contributed by atoms with Gasteiger partial charge in [0.2, 0.25) is 0 Å². The molecule has 3 N–H and O–H groups in total. The Morgan fingerprint density at radius 3 is 2.88 bits per heavy atom. The lowest BCUT2D eigenvalue weighted by Gasteiger charge is -2.09. The molecule has 1 amide bonds. The maximum Gasteiger partial charge on any atom is 0.258 e. The highest BCUT2D eigenvalue weighted by atomic mass is 35.5. The number of benzene rings is 1. The first-order valence-corrected chi connectivity index (χ1v) is 8.20. The summed E-state index contributed by atoms with van der Waals surface area (Å²) in [7, 11) is 0. The van der Waals surface area contributed by atoms with E-state index in [0.29, 0.717) is 33.6 Å². The summed E-state index contributed by atoms with van der Waals surface area (Å²) in [5.41, 5.74) is 7.10. The Hall–Kier alpha value is -2.42. The molecule has 1 fully saturated rings. The van der Waals surface area contributed by atoms with Crippen molar-refractivity contribution in [1.29, 1.82) is 0 Å². The van der Waals surface area contributed by atoms with Crippen molar-refractivity contribution in [2.75, 3.05) is 5.32 Å². The van der Waals surface area contributed by atoms with Gasteiger partial charge in [-0.2, -0.15) is 4.68 Å². The van der Waals surface area contributed by atoms with Crippen LogP contribution in [0.1, 0.15) is 40.7 Å². The Kier molecular flexibility index (Phi) is 5.26. The number of amides is 1. The third kappa shape index (κ3) is 3.57. The molecular weight excluding hydrogens is 379 g/mol. The van der Waals surface area contributed by atoms with Gasteiger partial charge in [-0.05, 0) is 47.5 Å². The monoisotopic (exact) mass is 394 g/mol. The molecular formula is C16H16Cl2N6O2. The van der Waals surface area contributed by atoms with E-state index in [1.807, 2.05) is 0 Å². The van der Waals surface area contributed by atoms with Gasteiger partial charge >= 0.3 is 0 Å². The summed E-state index contributed by atoms with van der Waals surface area (Å²) < 4.78 is 6.81. The highest BCUT2D eigenvalue weighted by molar-refractivity contribution is 6.32. The van der Waals surface area contributed by atoms with Gasteiger partial charge in [0.25, 0.3) is 5.91 Å². The number of carbonyl (C=O) groups is 1. The first-order chi connectivity index (χ1) is 12.2. The van der Waals surface area contributed by atoms with Crippen molar-refractivity contribution >= 4 is 35.6 Å². The van der Waals surface area contributed by atoms with Gasteiger partial charge in [-0.1, -0.05) is 11.6 Å². The van der Waals surface area contributed by atoms with Gasteiger partial charge in [0, 0.05) is 11.6 Å². The summed E-state index contributed by atoms with van der Waals surface area (Å²) >= 11 is 6.30. The Bertz CT molecular complexity index is 934. The second kappa shape index (κ2) is 7.45. The first-order valence-electron chi connectivity index (χ1n) is 7.82. The van der Waals surface area contributed by atoms with Crippen molar-refractivity contribution in [1.82, 2.24) is 20.2 Å². The molecule has 0 saturated heterocycles. The van der Waals surface area contributed by atoms with Crippen LogP contribution in [0, 0.1) is 0 Å². The molecule has 2 aromatic heterocycles. The Balaban J connectivity index is 0.00000196. The topological polar surface area (TPSA) is 112 Å². The first kappa shape index (κ1) is 18.4. The standard InChI is InChI=1S/C16H15ClN6O2.ClH/c17-13-4-3-11(19-16(24)10-5-12(7-18)25-8-10)6-14(13)23-15(9-1-2-9)20-21-22-23;/h3-6,8-9H,1-2,7,18H2,(H,19,24);1H. The van der Waals surface area contributed by atoms with Crippen LogP contribution in [0.3, 0.4) is 0 Å². The number of anilines is 1. The molecule has 4 rings (SSSR count). The maximum atomic E-state index is 12.3. The minimum atomic E-state index is -0.296. The zero-order valence-electron chi connectivity index (χ0n) is 13.6. The van der Waals surface area contributed by atoms with Crippen LogP contribution in [-0.4, -0.2) is 26.1 Å². The van der Waals surface area contributed by atoms with E-state index in [1.54, 1.807) is 28.9 Å². The van der Waals surface area contributed by atoms with E-state index in [9.17, 15) is 4.79 Å². The minimum Gasteiger partial charge on any atom is -0.467 e. The van der Waals surface area contributed by atoms with E-state index in [4.69, 9.17) is 21.8 Å². The average molecular weight is 395 g/mol. The zero-order chi connectivity index (χ0) is 17.4. The predicted octanol–water partition coefficient (Wildman–Crippen LogP) is 2.92. The van der Waals surface area contributed by atoms with Gasteiger partial charge in [-0.3, -0.25) is 4.79 Å². The molecule has 0 atom stereocenters. The summed E-state index contributed by atoms with van der Waals surface area (Å²) in [5, 5.41) is 15.2. The van der Waals surface area contributed by atoms with Crippen LogP contribution in [0.4, 0.5) is 5.69 Å². The fourth-order valence-electron chi connectivity index (χ4n) is 2.52. The molecule has 0 radical (unpaired) electrons. The summed E-state index contributed by atoms with van der Waals surface area (Å²) in [6, 6.07) is 6.77. The lowest BCUT2D eigenvalue weighted by atomic mass is 10.2. The molecule has 8 nitrogen and oxygen atoms in total. The van der Waals surface area contributed by atoms with E-state index >= 15 is 0 Å². The number of nitrogens with two attached hydrogens (primary N) is 1. The largest absolute Gasteiger partial charge is 0.467 e. The number of hydrogen-bond donors (Lipinski definition) is 2. The highest BCUT2D eigenvalue weighted by Crippen LogP contribution is 2.40. The Morgan fingerprint density at radius 1 is 1.38 bits per heavy atom. The molecule has 0 aliphatic heterocycles. The molecule has 0 spiro atoms. The van der Waals surface area contributed by atoms with Crippen molar-refractivity contribution in [3.63, 3.8) is 0 Å². The number of nitrogens with zero attached hydrogens (tertiary/aromatic N) is 4. The fraction of sp³-hybridized carbons (Fsp3) is 0.250. The quantitative estimate of drug-likeness (QED) is 0.687. The maximum absolute atomic E-state index is 12.3. The Morgan fingerprint density at radius 2 is 2.19 bits per heavy atom. The zero-order valence-corrected chi connectivity index (χ0v) is 15.1. The SMILES string of the molecule is Cl.NCc1cc(C(=O)Nc2ccc(Cl)c(-n3nnnc3C3CC3)c2)co1. The van der Waals surface area contributed by atoms with Gasteiger partial charge in [0.05, 0.1) is 22.8 Å². The lowest BCUT2D eigenvalue weighted by Crippen LogP contribution is -2.12. The van der Waals surface area contributed by atoms with Gasteiger partial charge in [0.15, 0.2) is 5.82 Å². The number of nitrogens with one attached hydrogen (secondary N) is 1. The van der Waals surface area contributed by atoms with E-state index in [1.165, 1.54) is 6.26 Å². The van der Waals surface area contributed by atoms with Crippen LogP contribution in [0.25, 0.3) is 5.69 Å². The van der Waals surface area contributed by atoms with Crippen LogP contribution in [0.15, 0.2) is 34.9 Å². The number of furan rings is 1. The highest BCUT2D eigenvalue weighted by Gasteiger charge is 2.30. The predicted molar refractivity (Wildman–Crippen MR) is 97.9 cm³/mol. The second-order valence-electron chi connectivity index (χ2n) is 5.85.